The van der Waals surface area contributed by atoms with Crippen LogP contribution in [0, 0.1) is 11.3 Å². The molecule has 0 rings (SSSR count). The Morgan fingerprint density at radius 1 is 1.42 bits per heavy atom. The van der Waals surface area contributed by atoms with Crippen LogP contribution in [-0.2, 0) is 9.53 Å². The predicted molar refractivity (Wildman–Crippen MR) is 49.9 cm³/mol. The van der Waals surface area contributed by atoms with Gasteiger partial charge in [-0.2, -0.15) is 0 Å². The Labute approximate surface area is 75.3 Å². The third kappa shape index (κ3) is 4.37. The van der Waals surface area contributed by atoms with Crippen LogP contribution in [0.15, 0.2) is 0 Å². The highest BCUT2D eigenvalue weighted by Crippen LogP contribution is 2.16. The fourth-order valence-electron chi connectivity index (χ4n) is 0.552. The van der Waals surface area contributed by atoms with Crippen molar-refractivity contribution in [2.24, 2.45) is 11.3 Å². The SMILES string of the molecule is CCC(C)COC(=O)C(C)(C)C. The third-order valence-electron chi connectivity index (χ3n) is 1.81. The summed E-state index contributed by atoms with van der Waals surface area (Å²) in [5, 5.41) is 0. The first-order valence-corrected chi connectivity index (χ1v) is 4.55. The number of esters is 1. The molecule has 0 aliphatic carbocycles. The minimum atomic E-state index is -0.368. The van der Waals surface area contributed by atoms with Gasteiger partial charge in [0.1, 0.15) is 0 Å². The molecule has 0 radical (unpaired) electrons. The van der Waals surface area contributed by atoms with E-state index in [-0.39, 0.29) is 11.4 Å². The Hall–Kier alpha value is -0.530. The van der Waals surface area contributed by atoms with Crippen LogP contribution in [0.5, 0.6) is 0 Å². The number of carbonyl (C=O) groups excluding carboxylic acids is 1. The number of rotatable bonds is 3. The van der Waals surface area contributed by atoms with Crippen molar-refractivity contribution in [3.63, 3.8) is 0 Å². The molecule has 1 atom stereocenters. The van der Waals surface area contributed by atoms with E-state index in [4.69, 9.17) is 4.74 Å². The first-order valence-electron chi connectivity index (χ1n) is 4.55. The molecule has 0 aromatic carbocycles. The minimum Gasteiger partial charge on any atom is -0.465 e. The Morgan fingerprint density at radius 3 is 2.25 bits per heavy atom. The van der Waals surface area contributed by atoms with Crippen molar-refractivity contribution in [1.29, 1.82) is 0 Å². The van der Waals surface area contributed by atoms with Gasteiger partial charge >= 0.3 is 5.97 Å². The molecule has 0 saturated carbocycles. The van der Waals surface area contributed by atoms with E-state index in [0.717, 1.165) is 6.42 Å². The normalized spacial score (nSPS) is 14.1. The van der Waals surface area contributed by atoms with E-state index in [9.17, 15) is 4.79 Å². The average molecular weight is 172 g/mol. The Balaban J connectivity index is 3.73. The maximum absolute atomic E-state index is 11.3. The summed E-state index contributed by atoms with van der Waals surface area (Å²) in [6.45, 7) is 10.3. The lowest BCUT2D eigenvalue weighted by Crippen LogP contribution is -2.24. The lowest BCUT2D eigenvalue weighted by atomic mass is 9.97. The van der Waals surface area contributed by atoms with Gasteiger partial charge in [0.2, 0.25) is 0 Å². The summed E-state index contributed by atoms with van der Waals surface area (Å²) in [5.41, 5.74) is -0.368. The second-order valence-electron chi connectivity index (χ2n) is 4.36. The molecule has 0 bridgehead atoms. The molecule has 0 aliphatic heterocycles. The average Bonchev–Trinajstić information content (AvgIpc) is 1.97. The maximum Gasteiger partial charge on any atom is 0.311 e. The van der Waals surface area contributed by atoms with Crippen LogP contribution in [0.3, 0.4) is 0 Å². The highest BCUT2D eigenvalue weighted by molar-refractivity contribution is 5.75. The zero-order valence-corrected chi connectivity index (χ0v) is 8.81. The maximum atomic E-state index is 11.3. The van der Waals surface area contributed by atoms with Gasteiger partial charge in [-0.05, 0) is 26.7 Å². The van der Waals surface area contributed by atoms with Gasteiger partial charge in [-0.3, -0.25) is 4.79 Å². The first kappa shape index (κ1) is 11.5. The highest BCUT2D eigenvalue weighted by atomic mass is 16.5. The molecule has 12 heavy (non-hydrogen) atoms. The van der Waals surface area contributed by atoms with E-state index in [2.05, 4.69) is 13.8 Å². The van der Waals surface area contributed by atoms with Gasteiger partial charge in [0.15, 0.2) is 0 Å². The molecular formula is C10H20O2. The summed E-state index contributed by atoms with van der Waals surface area (Å²) in [5.74, 6) is 0.360. The van der Waals surface area contributed by atoms with Crippen molar-refractivity contribution in [2.75, 3.05) is 6.61 Å². The summed E-state index contributed by atoms with van der Waals surface area (Å²) in [4.78, 5) is 11.3. The van der Waals surface area contributed by atoms with E-state index in [1.165, 1.54) is 0 Å². The third-order valence-corrected chi connectivity index (χ3v) is 1.81. The van der Waals surface area contributed by atoms with Gasteiger partial charge in [0.25, 0.3) is 0 Å². The number of hydrogen-bond acceptors (Lipinski definition) is 2. The van der Waals surface area contributed by atoms with Crippen LogP contribution in [0.2, 0.25) is 0 Å². The van der Waals surface area contributed by atoms with Crippen molar-refractivity contribution < 1.29 is 9.53 Å². The predicted octanol–water partition coefficient (Wildman–Crippen LogP) is 2.62. The molecule has 0 spiro atoms. The van der Waals surface area contributed by atoms with Gasteiger partial charge in [-0.15, -0.1) is 0 Å². The molecule has 2 heteroatoms. The van der Waals surface area contributed by atoms with E-state index >= 15 is 0 Å². The van der Waals surface area contributed by atoms with Crippen molar-refractivity contribution >= 4 is 5.97 Å². The quantitative estimate of drug-likeness (QED) is 0.612. The second-order valence-corrected chi connectivity index (χ2v) is 4.36. The number of hydrogen-bond donors (Lipinski definition) is 0. The molecule has 0 aromatic rings. The van der Waals surface area contributed by atoms with Crippen LogP contribution in [0.25, 0.3) is 0 Å². The van der Waals surface area contributed by atoms with Gasteiger partial charge in [-0.1, -0.05) is 20.3 Å². The zero-order chi connectivity index (χ0) is 9.78. The van der Waals surface area contributed by atoms with Crippen molar-refractivity contribution in [3.8, 4) is 0 Å². The van der Waals surface area contributed by atoms with Gasteiger partial charge in [0, 0.05) is 0 Å². The summed E-state index contributed by atoms with van der Waals surface area (Å²) < 4.78 is 5.12. The topological polar surface area (TPSA) is 26.3 Å². The van der Waals surface area contributed by atoms with E-state index in [1.54, 1.807) is 0 Å². The summed E-state index contributed by atoms with van der Waals surface area (Å²) in [6.07, 6.45) is 1.05. The van der Waals surface area contributed by atoms with Crippen LogP contribution in [0.1, 0.15) is 41.0 Å². The molecule has 0 heterocycles. The Bertz CT molecular complexity index is 144. The van der Waals surface area contributed by atoms with E-state index in [0.29, 0.717) is 12.5 Å². The van der Waals surface area contributed by atoms with Crippen molar-refractivity contribution in [1.82, 2.24) is 0 Å². The summed E-state index contributed by atoms with van der Waals surface area (Å²) in [7, 11) is 0. The molecule has 0 fully saturated rings. The zero-order valence-electron chi connectivity index (χ0n) is 8.81. The monoisotopic (exact) mass is 172 g/mol. The molecule has 1 unspecified atom stereocenters. The number of ether oxygens (including phenoxy) is 1. The Kier molecular flexibility index (Phi) is 4.29. The number of carbonyl (C=O) groups is 1. The van der Waals surface area contributed by atoms with Gasteiger partial charge in [-0.25, -0.2) is 0 Å². The second kappa shape index (κ2) is 4.48. The molecule has 72 valence electrons. The standard InChI is InChI=1S/C10H20O2/c1-6-8(2)7-12-9(11)10(3,4)5/h8H,6-7H2,1-5H3. The molecule has 0 amide bonds. The minimum absolute atomic E-state index is 0.109. The first-order chi connectivity index (χ1) is 5.38. The lowest BCUT2D eigenvalue weighted by molar-refractivity contribution is -0.154. The van der Waals surface area contributed by atoms with Crippen LogP contribution in [-0.4, -0.2) is 12.6 Å². The fraction of sp³-hybridized carbons (Fsp3) is 0.900. The molecular weight excluding hydrogens is 152 g/mol. The molecule has 0 N–H and O–H groups in total. The van der Waals surface area contributed by atoms with E-state index < -0.39 is 0 Å². The molecule has 0 aliphatic rings. The molecule has 0 aromatic heterocycles. The van der Waals surface area contributed by atoms with Crippen molar-refractivity contribution in [3.05, 3.63) is 0 Å². The molecule has 2 nitrogen and oxygen atoms in total. The van der Waals surface area contributed by atoms with Gasteiger partial charge in [0.05, 0.1) is 12.0 Å². The van der Waals surface area contributed by atoms with Crippen LogP contribution >= 0.6 is 0 Å². The highest BCUT2D eigenvalue weighted by Gasteiger charge is 2.23. The smallest absolute Gasteiger partial charge is 0.311 e. The summed E-state index contributed by atoms with van der Waals surface area (Å²) >= 11 is 0. The van der Waals surface area contributed by atoms with Gasteiger partial charge < -0.3 is 4.74 Å². The van der Waals surface area contributed by atoms with Crippen LogP contribution in [0.4, 0.5) is 0 Å². The van der Waals surface area contributed by atoms with Crippen molar-refractivity contribution in [2.45, 2.75) is 41.0 Å². The summed E-state index contributed by atoms with van der Waals surface area (Å²) in [6, 6.07) is 0. The van der Waals surface area contributed by atoms with E-state index in [1.807, 2.05) is 20.8 Å². The largest absolute Gasteiger partial charge is 0.465 e. The van der Waals surface area contributed by atoms with Crippen LogP contribution < -0.4 is 0 Å². The fourth-order valence-corrected chi connectivity index (χ4v) is 0.552. The molecule has 0 saturated heterocycles. The Morgan fingerprint density at radius 2 is 1.92 bits per heavy atom. The lowest BCUT2D eigenvalue weighted by Gasteiger charge is -2.18.